The number of alkyl carbamates (subject to hydrolysis) is 1. The van der Waals surface area contributed by atoms with Crippen LogP contribution in [0.15, 0.2) is 54.9 Å². The molecule has 1 aliphatic rings. The lowest BCUT2D eigenvalue weighted by molar-refractivity contribution is 0.0587. The molecule has 0 saturated carbocycles. The van der Waals surface area contributed by atoms with E-state index in [0.717, 1.165) is 43.6 Å². The molecule has 3 rings (SSSR count). The van der Waals surface area contributed by atoms with E-state index in [-0.39, 0.29) is 18.6 Å². The molecule has 1 aliphatic heterocycles. The fourth-order valence-electron chi connectivity index (χ4n) is 3.41. The molecule has 1 fully saturated rings. The molecule has 2 heterocycles. The minimum absolute atomic E-state index is 0.259. The van der Waals surface area contributed by atoms with Crippen molar-refractivity contribution >= 4 is 6.09 Å². The Bertz CT molecular complexity index is 688. The zero-order chi connectivity index (χ0) is 18.9. The van der Waals surface area contributed by atoms with Crippen molar-refractivity contribution in [2.75, 3.05) is 26.2 Å². The van der Waals surface area contributed by atoms with Gasteiger partial charge in [0.25, 0.3) is 0 Å². The number of rotatable bonds is 7. The third-order valence-electron chi connectivity index (χ3n) is 5.01. The van der Waals surface area contributed by atoms with Gasteiger partial charge >= 0.3 is 6.09 Å². The summed E-state index contributed by atoms with van der Waals surface area (Å²) in [5.41, 5.74) is 1.86. The number of likely N-dealkylation sites (tertiary alicyclic amines) is 1. The average molecular weight is 369 g/mol. The molecular formula is C21H27N3O3. The first kappa shape index (κ1) is 19.3. The van der Waals surface area contributed by atoms with Crippen molar-refractivity contribution in [1.82, 2.24) is 15.2 Å². The summed E-state index contributed by atoms with van der Waals surface area (Å²) in [6, 6.07) is 13.4. The van der Waals surface area contributed by atoms with Crippen LogP contribution in [0, 0.1) is 5.92 Å². The van der Waals surface area contributed by atoms with Crippen LogP contribution in [0.25, 0.3) is 0 Å². The predicted octanol–water partition coefficient (Wildman–Crippen LogP) is 2.75. The minimum atomic E-state index is -0.452. The van der Waals surface area contributed by atoms with Crippen molar-refractivity contribution in [3.8, 4) is 0 Å². The van der Waals surface area contributed by atoms with Gasteiger partial charge in [-0.15, -0.1) is 0 Å². The Morgan fingerprint density at radius 1 is 1.22 bits per heavy atom. The van der Waals surface area contributed by atoms with Gasteiger partial charge in [-0.25, -0.2) is 4.79 Å². The Hall–Kier alpha value is -2.44. The number of hydrogen-bond acceptors (Lipinski definition) is 5. The lowest BCUT2D eigenvalue weighted by Crippen LogP contribution is -2.40. The molecule has 2 N–H and O–H groups in total. The average Bonchev–Trinajstić information content (AvgIpc) is 2.74. The molecule has 0 bridgehead atoms. The zero-order valence-electron chi connectivity index (χ0n) is 15.5. The van der Waals surface area contributed by atoms with E-state index in [4.69, 9.17) is 4.74 Å². The fraction of sp³-hybridized carbons (Fsp3) is 0.429. The summed E-state index contributed by atoms with van der Waals surface area (Å²) in [7, 11) is 0. The summed E-state index contributed by atoms with van der Waals surface area (Å²) in [4.78, 5) is 18.2. The van der Waals surface area contributed by atoms with Crippen LogP contribution in [0.4, 0.5) is 4.79 Å². The maximum Gasteiger partial charge on any atom is 0.407 e. The van der Waals surface area contributed by atoms with Crippen molar-refractivity contribution in [3.05, 3.63) is 66.0 Å². The molecule has 1 saturated heterocycles. The van der Waals surface area contributed by atoms with Gasteiger partial charge in [0.2, 0.25) is 0 Å². The summed E-state index contributed by atoms with van der Waals surface area (Å²) in [6.45, 7) is 3.47. The molecule has 1 atom stereocenters. The van der Waals surface area contributed by atoms with Gasteiger partial charge < -0.3 is 20.1 Å². The van der Waals surface area contributed by atoms with Crippen molar-refractivity contribution in [2.45, 2.75) is 25.6 Å². The first-order chi connectivity index (χ1) is 13.2. The molecule has 27 heavy (non-hydrogen) atoms. The molecule has 1 aromatic carbocycles. The molecule has 6 nitrogen and oxygen atoms in total. The molecule has 0 spiro atoms. The van der Waals surface area contributed by atoms with Gasteiger partial charge in [-0.2, -0.15) is 0 Å². The van der Waals surface area contributed by atoms with Crippen LogP contribution in [-0.4, -0.2) is 47.3 Å². The lowest BCUT2D eigenvalue weighted by Gasteiger charge is -2.34. The molecule has 1 amide bonds. The molecule has 1 aromatic heterocycles. The first-order valence-corrected chi connectivity index (χ1v) is 9.47. The lowest BCUT2D eigenvalue weighted by atomic mass is 9.88. The van der Waals surface area contributed by atoms with E-state index < -0.39 is 6.10 Å². The van der Waals surface area contributed by atoms with Gasteiger partial charge in [-0.05, 0) is 49.0 Å². The highest BCUT2D eigenvalue weighted by atomic mass is 16.5. The normalized spacial score (nSPS) is 16.6. The number of hydrogen-bond donors (Lipinski definition) is 2. The number of aliphatic hydroxyl groups is 1. The van der Waals surface area contributed by atoms with Gasteiger partial charge in [-0.1, -0.05) is 36.4 Å². The Morgan fingerprint density at radius 2 is 2.00 bits per heavy atom. The number of aromatic nitrogens is 1. The van der Waals surface area contributed by atoms with Crippen LogP contribution in [0.5, 0.6) is 0 Å². The summed E-state index contributed by atoms with van der Waals surface area (Å²) >= 11 is 0. The number of nitrogens with one attached hydrogen (secondary N) is 1. The third kappa shape index (κ3) is 6.05. The van der Waals surface area contributed by atoms with Crippen LogP contribution in [0.3, 0.4) is 0 Å². The van der Waals surface area contributed by atoms with Crippen LogP contribution in [-0.2, 0) is 11.3 Å². The summed E-state index contributed by atoms with van der Waals surface area (Å²) in [5, 5.41) is 13.3. The maximum absolute atomic E-state index is 11.8. The smallest absolute Gasteiger partial charge is 0.407 e. The summed E-state index contributed by atoms with van der Waals surface area (Å²) < 4.78 is 5.21. The monoisotopic (exact) mass is 369 g/mol. The molecule has 144 valence electrons. The zero-order valence-corrected chi connectivity index (χ0v) is 15.5. The van der Waals surface area contributed by atoms with Gasteiger partial charge in [0, 0.05) is 25.5 Å². The molecule has 2 aromatic rings. The fourth-order valence-corrected chi connectivity index (χ4v) is 3.41. The number of aliphatic hydroxyl groups excluding tert-OH is 1. The van der Waals surface area contributed by atoms with Crippen molar-refractivity contribution in [1.29, 1.82) is 0 Å². The molecule has 0 radical (unpaired) electrons. The third-order valence-corrected chi connectivity index (χ3v) is 5.01. The van der Waals surface area contributed by atoms with Crippen LogP contribution >= 0.6 is 0 Å². The Balaban J connectivity index is 1.31. The second kappa shape index (κ2) is 10.0. The number of carbonyl (C=O) groups excluding carboxylic acids is 1. The number of benzene rings is 1. The second-order valence-corrected chi connectivity index (χ2v) is 6.90. The van der Waals surface area contributed by atoms with E-state index in [1.165, 1.54) is 0 Å². The van der Waals surface area contributed by atoms with E-state index in [1.807, 2.05) is 42.5 Å². The summed E-state index contributed by atoms with van der Waals surface area (Å²) in [5.74, 6) is 0.259. The van der Waals surface area contributed by atoms with Crippen LogP contribution in [0.2, 0.25) is 0 Å². The topological polar surface area (TPSA) is 74.7 Å². The molecule has 0 unspecified atom stereocenters. The van der Waals surface area contributed by atoms with Crippen molar-refractivity contribution in [2.24, 2.45) is 5.92 Å². The standard InChI is InChI=1S/C21H27N3O3/c25-20(19-7-4-10-22-15-19)18-8-12-24(13-9-18)14-11-23-21(26)27-16-17-5-2-1-3-6-17/h1-7,10,15,18,20,25H,8-9,11-14,16H2,(H,23,26)/t20-/m1/s1. The highest BCUT2D eigenvalue weighted by molar-refractivity contribution is 5.67. The maximum atomic E-state index is 11.8. The number of pyridine rings is 1. The van der Waals surface area contributed by atoms with E-state index in [1.54, 1.807) is 12.4 Å². The number of carbonyl (C=O) groups is 1. The highest BCUT2D eigenvalue weighted by Gasteiger charge is 2.26. The second-order valence-electron chi connectivity index (χ2n) is 6.90. The molecule has 6 heteroatoms. The van der Waals surface area contributed by atoms with E-state index >= 15 is 0 Å². The first-order valence-electron chi connectivity index (χ1n) is 9.47. The van der Waals surface area contributed by atoms with E-state index in [2.05, 4.69) is 15.2 Å². The van der Waals surface area contributed by atoms with Crippen molar-refractivity contribution in [3.63, 3.8) is 0 Å². The van der Waals surface area contributed by atoms with Gasteiger partial charge in [0.1, 0.15) is 6.61 Å². The number of nitrogens with zero attached hydrogens (tertiary/aromatic N) is 2. The molecular weight excluding hydrogens is 342 g/mol. The van der Waals surface area contributed by atoms with E-state index in [0.29, 0.717) is 6.54 Å². The Morgan fingerprint density at radius 3 is 2.70 bits per heavy atom. The SMILES string of the molecule is O=C(NCCN1CCC([C@@H](O)c2cccnc2)CC1)OCc1ccccc1. The van der Waals surface area contributed by atoms with Gasteiger partial charge in [0.15, 0.2) is 0 Å². The van der Waals surface area contributed by atoms with Gasteiger partial charge in [-0.3, -0.25) is 4.98 Å². The Labute approximate surface area is 160 Å². The highest BCUT2D eigenvalue weighted by Crippen LogP contribution is 2.30. The number of amides is 1. The van der Waals surface area contributed by atoms with Crippen LogP contribution < -0.4 is 5.32 Å². The largest absolute Gasteiger partial charge is 0.445 e. The quantitative estimate of drug-likeness (QED) is 0.785. The van der Waals surface area contributed by atoms with Crippen LogP contribution in [0.1, 0.15) is 30.1 Å². The Kier molecular flexibility index (Phi) is 7.19. The van der Waals surface area contributed by atoms with Gasteiger partial charge in [0.05, 0.1) is 6.10 Å². The predicted molar refractivity (Wildman–Crippen MR) is 103 cm³/mol. The van der Waals surface area contributed by atoms with Crippen molar-refractivity contribution < 1.29 is 14.6 Å². The summed E-state index contributed by atoms with van der Waals surface area (Å²) in [6.07, 6.45) is 4.49. The van der Waals surface area contributed by atoms with E-state index in [9.17, 15) is 9.90 Å². The number of piperidine rings is 1. The minimum Gasteiger partial charge on any atom is -0.445 e. The number of ether oxygens (including phenoxy) is 1. The molecule has 0 aliphatic carbocycles.